The molecule has 1 aromatic carbocycles. The van der Waals surface area contributed by atoms with Crippen LogP contribution in [-0.2, 0) is 44.9 Å². The molecule has 0 aliphatic carbocycles. The monoisotopic (exact) mass is 1110 g/mol. The van der Waals surface area contributed by atoms with Crippen LogP contribution in [0.15, 0.2) is 24.3 Å². The Morgan fingerprint density at radius 1 is 0.672 bits per heavy atom. The number of Topliss-reactive ketones (excluding diaryl/α,β-unsaturated/α-hetero) is 2. The molecule has 21 nitrogen and oxygen atoms in total. The molecule has 1 aliphatic heterocycles. The van der Waals surface area contributed by atoms with Crippen LogP contribution in [0.4, 0.5) is 10.5 Å². The summed E-state index contributed by atoms with van der Waals surface area (Å²) in [6, 6.07) is 5.23. The van der Waals surface area contributed by atoms with Crippen molar-refractivity contribution in [3.8, 4) is 0 Å². The molecular weight excluding hydrogens is 1040 g/mol. The zero-order valence-corrected chi connectivity index (χ0v) is 42.1. The van der Waals surface area contributed by atoms with E-state index in [1.807, 2.05) is 25.0 Å². The van der Waals surface area contributed by atoms with E-state index in [9.17, 15) is 58.5 Å². The van der Waals surface area contributed by atoms with Gasteiger partial charge in [-0.05, 0) is 48.5 Å². The molecule has 0 spiro atoms. The molecule has 1 saturated heterocycles. The topological polar surface area (TPSA) is 296 Å². The number of benzene rings is 1. The summed E-state index contributed by atoms with van der Waals surface area (Å²) in [5.74, 6) is -6.21. The van der Waals surface area contributed by atoms with Crippen molar-refractivity contribution in [1.82, 2.24) is 35.6 Å². The minimum atomic E-state index is -1.05. The van der Waals surface area contributed by atoms with Gasteiger partial charge in [0, 0.05) is 136 Å². The van der Waals surface area contributed by atoms with Crippen molar-refractivity contribution in [2.75, 3.05) is 102 Å². The van der Waals surface area contributed by atoms with Crippen molar-refractivity contribution >= 4 is 70.7 Å². The first-order chi connectivity index (χ1) is 31.3. The summed E-state index contributed by atoms with van der Waals surface area (Å²) in [6.45, 7) is 6.99. The molecule has 8 N–H and O–H groups in total. The van der Waals surface area contributed by atoms with Crippen molar-refractivity contribution in [1.29, 1.82) is 0 Å². The molecule has 0 radical (unpaired) electrons. The van der Waals surface area contributed by atoms with Gasteiger partial charge in [-0.3, -0.25) is 58.0 Å². The minimum absolute atomic E-state index is 0. The van der Waals surface area contributed by atoms with Gasteiger partial charge in [0.25, 0.3) is 0 Å². The van der Waals surface area contributed by atoms with E-state index in [1.165, 1.54) is 11.8 Å². The molecular formula is C44H70GdN8O13S. The van der Waals surface area contributed by atoms with E-state index >= 15 is 0 Å². The SMILES string of the molecule is CC[C@H](C)[C@H](CC(=O)[C@H](CCSC)NC(=O)Nc1ccc(CNC(=O)CN2CCN(CC(=O)O)CCN(CC(=O)O)CCN(CC(=O)O)CC2)cc1)C(=O)NCCCC(=O)C(C)CC(=O)O.[Gd]. The summed E-state index contributed by atoms with van der Waals surface area (Å²) in [5.41, 5.74) is 1.14. The molecule has 0 aromatic heterocycles. The fourth-order valence-electron chi connectivity index (χ4n) is 7.25. The average Bonchev–Trinajstić information content (AvgIpc) is 3.24. The van der Waals surface area contributed by atoms with Gasteiger partial charge in [0.1, 0.15) is 5.78 Å². The number of nitrogens with zero attached hydrogens (tertiary/aromatic N) is 4. The van der Waals surface area contributed by atoms with Gasteiger partial charge in [-0.1, -0.05) is 39.3 Å². The predicted molar refractivity (Wildman–Crippen MR) is 247 cm³/mol. The fourth-order valence-corrected chi connectivity index (χ4v) is 7.72. The van der Waals surface area contributed by atoms with Crippen molar-refractivity contribution in [3.05, 3.63) is 29.8 Å². The van der Waals surface area contributed by atoms with Gasteiger partial charge in [0.15, 0.2) is 5.78 Å². The van der Waals surface area contributed by atoms with Crippen LogP contribution in [0.5, 0.6) is 0 Å². The molecule has 0 saturated carbocycles. The van der Waals surface area contributed by atoms with E-state index in [0.717, 1.165) is 5.56 Å². The van der Waals surface area contributed by atoms with Crippen molar-refractivity contribution < 1.29 is 104 Å². The summed E-state index contributed by atoms with van der Waals surface area (Å²) >= 11 is 1.51. The number of carbonyl (C=O) groups is 9. The third-order valence-electron chi connectivity index (χ3n) is 11.4. The van der Waals surface area contributed by atoms with Gasteiger partial charge < -0.3 is 41.7 Å². The summed E-state index contributed by atoms with van der Waals surface area (Å²) in [5, 5.41) is 48.5. The van der Waals surface area contributed by atoms with Gasteiger partial charge in [0.2, 0.25) is 11.8 Å². The van der Waals surface area contributed by atoms with Crippen LogP contribution in [0.25, 0.3) is 0 Å². The predicted octanol–water partition coefficient (Wildman–Crippen LogP) is 1.22. The zero-order valence-electron chi connectivity index (χ0n) is 39.0. The van der Waals surface area contributed by atoms with E-state index in [0.29, 0.717) is 43.8 Å². The molecule has 378 valence electrons. The number of aliphatic carboxylic acids is 4. The fraction of sp³-hybridized carbons (Fsp3) is 0.659. The van der Waals surface area contributed by atoms with Crippen molar-refractivity contribution in [2.45, 2.75) is 71.9 Å². The van der Waals surface area contributed by atoms with Gasteiger partial charge in [-0.2, -0.15) is 11.8 Å². The van der Waals surface area contributed by atoms with Gasteiger partial charge >= 0.3 is 29.9 Å². The Kier molecular flexibility index (Phi) is 30.7. The number of amides is 4. The molecule has 4 atom stereocenters. The van der Waals surface area contributed by atoms with E-state index in [-0.39, 0.29) is 167 Å². The molecule has 1 aliphatic rings. The molecule has 1 heterocycles. The van der Waals surface area contributed by atoms with E-state index in [2.05, 4.69) is 21.3 Å². The van der Waals surface area contributed by atoms with Gasteiger partial charge in [0.05, 0.1) is 38.6 Å². The van der Waals surface area contributed by atoms with Crippen LogP contribution in [0.1, 0.15) is 64.9 Å². The molecule has 1 aromatic rings. The van der Waals surface area contributed by atoms with E-state index in [1.54, 1.807) is 45.9 Å². The summed E-state index contributed by atoms with van der Waals surface area (Å²) in [7, 11) is 0. The molecule has 4 amide bonds. The normalized spacial score (nSPS) is 16.3. The Morgan fingerprint density at radius 2 is 1.16 bits per heavy atom. The molecule has 2 rings (SSSR count). The Labute approximate surface area is 428 Å². The second-order valence-corrected chi connectivity index (χ2v) is 17.7. The van der Waals surface area contributed by atoms with E-state index < -0.39 is 47.8 Å². The molecule has 67 heavy (non-hydrogen) atoms. The standard InChI is InChI=1S/C44H70N8O13S.Gd/c1-5-30(2)34(43(64)45-13-6-7-36(53)31(3)23-39(56)57)24-37(54)35(12-22-66-4)48-44(65)47-33-10-8-32(9-11-33)25-46-38(55)26-49-14-16-50(27-40(58)59)18-20-52(29-42(62)63)21-19-51(17-15-49)28-41(60)61;/h8-11,30-31,34-35H,5-7,12-29H2,1-4H3,(H,45,64)(H,46,55)(H,56,57)(H,58,59)(H,60,61)(H,62,63)(H2,47,48,65);/t30-,31?,34-,35-;/m0./s1. The van der Waals surface area contributed by atoms with Crippen molar-refractivity contribution in [3.63, 3.8) is 0 Å². The Morgan fingerprint density at radius 3 is 1.61 bits per heavy atom. The average molecular weight is 1110 g/mol. The Balaban J connectivity index is 0.0000224. The number of urea groups is 1. The molecule has 1 fully saturated rings. The number of rotatable bonds is 28. The number of carboxylic acid groups (broad SMARTS) is 4. The van der Waals surface area contributed by atoms with Gasteiger partial charge in [-0.15, -0.1) is 0 Å². The molecule has 0 bridgehead atoms. The maximum absolute atomic E-state index is 13.7. The summed E-state index contributed by atoms with van der Waals surface area (Å²) in [4.78, 5) is 118. The quantitative estimate of drug-likeness (QED) is 0.0548. The summed E-state index contributed by atoms with van der Waals surface area (Å²) in [6.07, 6.45) is 2.94. The van der Waals surface area contributed by atoms with Crippen LogP contribution in [0, 0.1) is 57.7 Å². The first-order valence-corrected chi connectivity index (χ1v) is 23.7. The third kappa shape index (κ3) is 26.5. The number of carboxylic acids is 4. The number of hydrogen-bond acceptors (Lipinski definition) is 14. The van der Waals surface area contributed by atoms with Crippen LogP contribution in [0.3, 0.4) is 0 Å². The number of thioether (sulfide) groups is 1. The largest absolute Gasteiger partial charge is 0.481 e. The molecule has 1 unspecified atom stereocenters. The molecule has 23 heteroatoms. The number of anilines is 1. The second kappa shape index (κ2) is 33.6. The first kappa shape index (κ1) is 61.2. The Hall–Kier alpha value is -3.84. The zero-order chi connectivity index (χ0) is 49.2. The van der Waals surface area contributed by atoms with Gasteiger partial charge in [-0.25, -0.2) is 4.79 Å². The minimum Gasteiger partial charge on any atom is -0.481 e. The smallest absolute Gasteiger partial charge is 0.319 e. The maximum Gasteiger partial charge on any atom is 0.319 e. The van der Waals surface area contributed by atoms with Crippen LogP contribution in [0.2, 0.25) is 0 Å². The Bertz CT molecular complexity index is 1750. The number of nitrogens with one attached hydrogen (secondary N) is 4. The van der Waals surface area contributed by atoms with Crippen molar-refractivity contribution in [2.24, 2.45) is 17.8 Å². The van der Waals surface area contributed by atoms with Crippen LogP contribution in [-0.4, -0.2) is 196 Å². The van der Waals surface area contributed by atoms with Crippen LogP contribution >= 0.6 is 11.8 Å². The summed E-state index contributed by atoms with van der Waals surface area (Å²) < 4.78 is 0. The number of carbonyl (C=O) groups excluding carboxylic acids is 5. The maximum atomic E-state index is 13.7. The number of ketones is 2. The van der Waals surface area contributed by atoms with Crippen LogP contribution < -0.4 is 21.3 Å². The first-order valence-electron chi connectivity index (χ1n) is 22.3. The van der Waals surface area contributed by atoms with E-state index in [4.69, 9.17) is 5.11 Å². The third-order valence-corrected chi connectivity index (χ3v) is 12.0. The number of hydrogen-bond donors (Lipinski definition) is 8. The second-order valence-electron chi connectivity index (χ2n) is 16.7.